The first-order valence-electron chi connectivity index (χ1n) is 10.2. The van der Waals surface area contributed by atoms with E-state index in [9.17, 15) is 9.59 Å². The smallest absolute Gasteiger partial charge is 0.339 e. The third-order valence-corrected chi connectivity index (χ3v) is 8.05. The molecule has 1 fully saturated rings. The molecule has 5 nitrogen and oxygen atoms in total. The lowest BCUT2D eigenvalue weighted by Crippen LogP contribution is -2.26. The molecule has 1 unspecified atom stereocenters. The highest BCUT2D eigenvalue weighted by Crippen LogP contribution is 2.45. The van der Waals surface area contributed by atoms with Crippen molar-refractivity contribution in [2.24, 2.45) is 0 Å². The number of carbonyl (C=O) groups is 2. The Hall–Kier alpha value is -2.90. The summed E-state index contributed by atoms with van der Waals surface area (Å²) >= 11 is 3.82. The number of nitrogens with one attached hydrogen (secondary N) is 1. The summed E-state index contributed by atoms with van der Waals surface area (Å²) in [7, 11) is 1.56. The van der Waals surface area contributed by atoms with E-state index in [4.69, 9.17) is 9.47 Å². The van der Waals surface area contributed by atoms with Crippen LogP contribution in [0.2, 0.25) is 0 Å². The Bertz CT molecular complexity index is 1070. The number of rotatable bonds is 7. The molecule has 1 amide bonds. The fourth-order valence-corrected chi connectivity index (χ4v) is 6.17. The van der Waals surface area contributed by atoms with E-state index in [1.54, 1.807) is 67.8 Å². The normalized spacial score (nSPS) is 14.5. The van der Waals surface area contributed by atoms with Crippen molar-refractivity contribution in [1.29, 1.82) is 0 Å². The first-order valence-corrected chi connectivity index (χ1v) is 12.3. The third-order valence-electron chi connectivity index (χ3n) is 4.94. The van der Waals surface area contributed by atoms with E-state index in [0.29, 0.717) is 27.1 Å². The van der Waals surface area contributed by atoms with Crippen LogP contribution in [0.5, 0.6) is 5.75 Å². The van der Waals surface area contributed by atoms with E-state index in [-0.39, 0.29) is 0 Å². The van der Waals surface area contributed by atoms with Gasteiger partial charge in [-0.1, -0.05) is 48.5 Å². The van der Waals surface area contributed by atoms with Gasteiger partial charge in [0.1, 0.15) is 5.75 Å². The fraction of sp³-hybridized carbons (Fsp3) is 0.200. The van der Waals surface area contributed by atoms with Gasteiger partial charge in [-0.15, -0.1) is 23.5 Å². The third kappa shape index (κ3) is 5.47. The Morgan fingerprint density at radius 1 is 0.938 bits per heavy atom. The molecule has 7 heteroatoms. The summed E-state index contributed by atoms with van der Waals surface area (Å²) in [5, 5.41) is 2.82. The minimum Gasteiger partial charge on any atom is -0.497 e. The van der Waals surface area contributed by atoms with Gasteiger partial charge in [0, 0.05) is 28.8 Å². The number of hydrogen-bond donors (Lipinski definition) is 1. The zero-order valence-electron chi connectivity index (χ0n) is 17.5. The van der Waals surface area contributed by atoms with Crippen molar-refractivity contribution in [3.8, 4) is 5.75 Å². The average molecular weight is 466 g/mol. The van der Waals surface area contributed by atoms with Crippen molar-refractivity contribution >= 4 is 41.1 Å². The number of hydrogen-bond acceptors (Lipinski definition) is 6. The van der Waals surface area contributed by atoms with Crippen LogP contribution in [0.4, 0.5) is 5.69 Å². The first-order chi connectivity index (χ1) is 15.6. The van der Waals surface area contributed by atoms with E-state index in [1.807, 2.05) is 41.7 Å². The van der Waals surface area contributed by atoms with E-state index in [0.717, 1.165) is 11.5 Å². The number of benzene rings is 3. The largest absolute Gasteiger partial charge is 0.497 e. The molecule has 3 aromatic carbocycles. The molecule has 32 heavy (non-hydrogen) atoms. The van der Waals surface area contributed by atoms with E-state index in [1.165, 1.54) is 5.56 Å². The topological polar surface area (TPSA) is 64.6 Å². The number of thioether (sulfide) groups is 2. The van der Waals surface area contributed by atoms with Crippen LogP contribution in [0.3, 0.4) is 0 Å². The number of ether oxygens (including phenoxy) is 2. The molecule has 0 saturated carbocycles. The van der Waals surface area contributed by atoms with Crippen molar-refractivity contribution in [2.45, 2.75) is 10.7 Å². The molecule has 0 aliphatic carbocycles. The Balaban J connectivity index is 1.51. The maximum atomic E-state index is 13.1. The molecule has 4 rings (SSSR count). The quantitative estimate of drug-likeness (QED) is 0.451. The van der Waals surface area contributed by atoms with Crippen molar-refractivity contribution < 1.29 is 19.1 Å². The van der Waals surface area contributed by atoms with E-state index in [2.05, 4.69) is 5.32 Å². The van der Waals surface area contributed by atoms with Gasteiger partial charge in [-0.25, -0.2) is 4.79 Å². The molecule has 0 spiro atoms. The van der Waals surface area contributed by atoms with Crippen LogP contribution < -0.4 is 10.1 Å². The van der Waals surface area contributed by atoms with Crippen LogP contribution in [-0.2, 0) is 9.53 Å². The summed E-state index contributed by atoms with van der Waals surface area (Å²) in [6.45, 7) is 0. The van der Waals surface area contributed by atoms with E-state index >= 15 is 0 Å². The molecular formula is C25H23NO4S2. The maximum Gasteiger partial charge on any atom is 0.339 e. The molecule has 1 saturated heterocycles. The monoisotopic (exact) mass is 465 g/mol. The van der Waals surface area contributed by atoms with Gasteiger partial charge in [0.15, 0.2) is 0 Å². The zero-order chi connectivity index (χ0) is 22.3. The Labute approximate surface area is 195 Å². The SMILES string of the molecule is COc1cccc(NC(=O)C(OC(=O)c2ccc(C3SCCS3)cc2)c2ccccc2)c1. The standard InChI is InChI=1S/C25H23NO4S2/c1-29-21-9-5-8-20(16-21)26-23(27)22(17-6-3-2-4-7-17)30-24(28)18-10-12-19(13-11-18)25-31-14-15-32-25/h2-13,16,22,25H,14-15H2,1H3,(H,26,27). The molecule has 164 valence electrons. The summed E-state index contributed by atoms with van der Waals surface area (Å²) in [5.74, 6) is 1.92. The highest BCUT2D eigenvalue weighted by atomic mass is 32.2. The molecule has 1 N–H and O–H groups in total. The summed E-state index contributed by atoms with van der Waals surface area (Å²) in [6.07, 6.45) is -1.09. The Morgan fingerprint density at radius 2 is 1.66 bits per heavy atom. The van der Waals surface area contributed by atoms with Gasteiger partial charge in [0.05, 0.1) is 17.3 Å². The molecule has 1 heterocycles. The molecule has 1 aliphatic heterocycles. The maximum absolute atomic E-state index is 13.1. The number of amides is 1. The van der Waals surface area contributed by atoms with Gasteiger partial charge in [-0.05, 0) is 29.8 Å². The minimum absolute atomic E-state index is 0.408. The lowest BCUT2D eigenvalue weighted by atomic mass is 10.1. The van der Waals surface area contributed by atoms with Crippen molar-refractivity contribution in [3.63, 3.8) is 0 Å². The van der Waals surface area contributed by atoms with Crippen LogP contribution in [0, 0.1) is 0 Å². The van der Waals surface area contributed by atoms with Gasteiger partial charge in [0.2, 0.25) is 6.10 Å². The summed E-state index contributed by atoms with van der Waals surface area (Å²) in [4.78, 5) is 26.0. The van der Waals surface area contributed by atoms with Crippen LogP contribution in [0.15, 0.2) is 78.9 Å². The number of esters is 1. The van der Waals surface area contributed by atoms with Crippen LogP contribution in [0.25, 0.3) is 0 Å². The molecule has 0 radical (unpaired) electrons. The molecule has 1 atom stereocenters. The van der Waals surface area contributed by atoms with Crippen molar-refractivity contribution in [3.05, 3.63) is 95.6 Å². The van der Waals surface area contributed by atoms with Gasteiger partial charge >= 0.3 is 5.97 Å². The lowest BCUT2D eigenvalue weighted by Gasteiger charge is -2.18. The van der Waals surface area contributed by atoms with Gasteiger partial charge in [-0.3, -0.25) is 4.79 Å². The number of carbonyl (C=O) groups excluding carboxylic acids is 2. The highest BCUT2D eigenvalue weighted by molar-refractivity contribution is 8.19. The molecule has 0 bridgehead atoms. The predicted molar refractivity (Wildman–Crippen MR) is 130 cm³/mol. The van der Waals surface area contributed by atoms with Gasteiger partial charge < -0.3 is 14.8 Å². The van der Waals surface area contributed by atoms with E-state index < -0.39 is 18.0 Å². The second kappa shape index (κ2) is 10.6. The second-order valence-electron chi connectivity index (χ2n) is 7.11. The average Bonchev–Trinajstić information content (AvgIpc) is 3.38. The number of anilines is 1. The molecule has 0 aromatic heterocycles. The van der Waals surface area contributed by atoms with Crippen molar-refractivity contribution in [1.82, 2.24) is 0 Å². The van der Waals surface area contributed by atoms with Crippen LogP contribution >= 0.6 is 23.5 Å². The van der Waals surface area contributed by atoms with Crippen molar-refractivity contribution in [2.75, 3.05) is 23.9 Å². The zero-order valence-corrected chi connectivity index (χ0v) is 19.2. The first kappa shape index (κ1) is 22.3. The minimum atomic E-state index is -1.09. The van der Waals surface area contributed by atoms with Gasteiger partial charge in [0.25, 0.3) is 5.91 Å². The Morgan fingerprint density at radius 3 is 2.34 bits per heavy atom. The molecule has 3 aromatic rings. The Kier molecular flexibility index (Phi) is 7.39. The summed E-state index contributed by atoms with van der Waals surface area (Å²) in [6, 6.07) is 23.5. The second-order valence-corrected chi connectivity index (χ2v) is 9.84. The lowest BCUT2D eigenvalue weighted by molar-refractivity contribution is -0.125. The fourth-order valence-electron chi connectivity index (χ4n) is 3.31. The van der Waals surface area contributed by atoms with Crippen LogP contribution in [-0.4, -0.2) is 30.5 Å². The summed E-state index contributed by atoms with van der Waals surface area (Å²) < 4.78 is 11.3. The highest BCUT2D eigenvalue weighted by Gasteiger charge is 2.26. The number of methoxy groups -OCH3 is 1. The van der Waals surface area contributed by atoms with Gasteiger partial charge in [-0.2, -0.15) is 0 Å². The molecular weight excluding hydrogens is 442 g/mol. The predicted octanol–water partition coefficient (Wildman–Crippen LogP) is 5.71. The summed E-state index contributed by atoms with van der Waals surface area (Å²) in [5.41, 5.74) is 2.75. The molecule has 1 aliphatic rings. The van der Waals surface area contributed by atoms with Crippen LogP contribution in [0.1, 0.15) is 32.2 Å².